The Bertz CT molecular complexity index is 121. The van der Waals surface area contributed by atoms with E-state index in [1.807, 2.05) is 0 Å². The van der Waals surface area contributed by atoms with Gasteiger partial charge in [0.2, 0.25) is 0 Å². The molecule has 0 amide bonds. The first-order valence-corrected chi connectivity index (χ1v) is 4.27. The molecule has 0 aliphatic carbocycles. The van der Waals surface area contributed by atoms with Crippen molar-refractivity contribution in [3.05, 3.63) is 0 Å². The molecule has 1 fully saturated rings. The van der Waals surface area contributed by atoms with Crippen LogP contribution < -0.4 is 5.73 Å². The second-order valence-electron chi connectivity index (χ2n) is 3.51. The lowest BCUT2D eigenvalue weighted by atomic mass is 9.86. The quantitative estimate of drug-likeness (QED) is 0.658. The Kier molecular flexibility index (Phi) is 2.84. The lowest BCUT2D eigenvalue weighted by molar-refractivity contribution is 0.0585. The number of rotatable bonds is 4. The molecule has 2 nitrogen and oxygen atoms in total. The van der Waals surface area contributed by atoms with Crippen LogP contribution >= 0.6 is 0 Å². The van der Waals surface area contributed by atoms with Gasteiger partial charge < -0.3 is 5.73 Å². The minimum absolute atomic E-state index is 0.00389. The summed E-state index contributed by atoms with van der Waals surface area (Å²) in [6.07, 6.45) is 2.19. The largest absolute Gasteiger partial charge is 0.323 e. The molecule has 2 N–H and O–H groups in total. The van der Waals surface area contributed by atoms with Crippen LogP contribution in [-0.4, -0.2) is 36.7 Å². The molecule has 11 heavy (non-hydrogen) atoms. The zero-order valence-electron chi connectivity index (χ0n) is 7.15. The standard InChI is InChI=1S/C8H17FN2/c1-2-3-8(10)6-11(7-8)5-4-9/h2-7,10H2,1H3. The first kappa shape index (κ1) is 8.94. The van der Waals surface area contributed by atoms with Crippen molar-refractivity contribution >= 4 is 0 Å². The molecule has 0 saturated carbocycles. The molecule has 0 unspecified atom stereocenters. The van der Waals surface area contributed by atoms with Gasteiger partial charge in [-0.15, -0.1) is 0 Å². The van der Waals surface area contributed by atoms with Gasteiger partial charge in [0.1, 0.15) is 6.67 Å². The average Bonchev–Trinajstić information content (AvgIpc) is 1.85. The minimum Gasteiger partial charge on any atom is -0.323 e. The van der Waals surface area contributed by atoms with E-state index in [1.54, 1.807) is 0 Å². The fourth-order valence-electron chi connectivity index (χ4n) is 1.78. The van der Waals surface area contributed by atoms with Crippen LogP contribution in [0.5, 0.6) is 0 Å². The molecule has 1 rings (SSSR count). The van der Waals surface area contributed by atoms with Crippen LogP contribution in [0, 0.1) is 0 Å². The molecule has 0 aromatic carbocycles. The summed E-state index contributed by atoms with van der Waals surface area (Å²) in [5.74, 6) is 0. The number of hydrogen-bond acceptors (Lipinski definition) is 2. The zero-order chi connectivity index (χ0) is 8.32. The highest BCUT2D eigenvalue weighted by Gasteiger charge is 2.37. The third-order valence-electron chi connectivity index (χ3n) is 2.23. The van der Waals surface area contributed by atoms with Crippen molar-refractivity contribution in [1.82, 2.24) is 4.90 Å². The molecule has 3 heteroatoms. The zero-order valence-corrected chi connectivity index (χ0v) is 7.15. The highest BCUT2D eigenvalue weighted by Crippen LogP contribution is 2.22. The Hall–Kier alpha value is -0.150. The van der Waals surface area contributed by atoms with Gasteiger partial charge in [-0.2, -0.15) is 0 Å². The number of nitrogens with zero attached hydrogens (tertiary/aromatic N) is 1. The van der Waals surface area contributed by atoms with E-state index in [0.717, 1.165) is 25.9 Å². The highest BCUT2D eigenvalue weighted by atomic mass is 19.1. The van der Waals surface area contributed by atoms with Crippen LogP contribution in [-0.2, 0) is 0 Å². The summed E-state index contributed by atoms with van der Waals surface area (Å²) < 4.78 is 11.8. The number of alkyl halides is 1. The van der Waals surface area contributed by atoms with Gasteiger partial charge in [0.05, 0.1) is 0 Å². The van der Waals surface area contributed by atoms with E-state index in [4.69, 9.17) is 5.73 Å². The predicted molar refractivity (Wildman–Crippen MR) is 44.2 cm³/mol. The predicted octanol–water partition coefficient (Wildman–Crippen LogP) is 0.769. The second kappa shape index (κ2) is 3.50. The van der Waals surface area contributed by atoms with Gasteiger partial charge in [-0.05, 0) is 6.42 Å². The van der Waals surface area contributed by atoms with Crippen molar-refractivity contribution in [2.24, 2.45) is 5.73 Å². The normalized spacial score (nSPS) is 23.2. The molecule has 1 aliphatic heterocycles. The molecule has 0 bridgehead atoms. The van der Waals surface area contributed by atoms with E-state index in [9.17, 15) is 4.39 Å². The van der Waals surface area contributed by atoms with Gasteiger partial charge >= 0.3 is 0 Å². The van der Waals surface area contributed by atoms with Gasteiger partial charge in [0.25, 0.3) is 0 Å². The van der Waals surface area contributed by atoms with Gasteiger partial charge in [0, 0.05) is 25.2 Å². The fourth-order valence-corrected chi connectivity index (χ4v) is 1.78. The number of hydrogen-bond donors (Lipinski definition) is 1. The number of likely N-dealkylation sites (tertiary alicyclic amines) is 1. The molecule has 1 aliphatic rings. The Morgan fingerprint density at radius 1 is 1.55 bits per heavy atom. The van der Waals surface area contributed by atoms with E-state index in [2.05, 4.69) is 11.8 Å². The molecule has 0 radical (unpaired) electrons. The summed E-state index contributed by atoms with van der Waals surface area (Å²) in [5, 5.41) is 0. The molecule has 66 valence electrons. The molecular formula is C8H17FN2. The van der Waals surface area contributed by atoms with E-state index >= 15 is 0 Å². The minimum atomic E-state index is -0.248. The first-order chi connectivity index (χ1) is 5.20. The van der Waals surface area contributed by atoms with Crippen LogP contribution in [0.3, 0.4) is 0 Å². The summed E-state index contributed by atoms with van der Waals surface area (Å²) in [7, 11) is 0. The van der Waals surface area contributed by atoms with Crippen molar-refractivity contribution in [2.45, 2.75) is 25.3 Å². The SMILES string of the molecule is CCCC1(N)CN(CCF)C1. The molecule has 0 aromatic heterocycles. The van der Waals surface area contributed by atoms with E-state index in [1.165, 1.54) is 0 Å². The summed E-state index contributed by atoms with van der Waals surface area (Å²) in [5.41, 5.74) is 5.97. The van der Waals surface area contributed by atoms with Gasteiger partial charge in [-0.1, -0.05) is 13.3 Å². The molecule has 0 aromatic rings. The summed E-state index contributed by atoms with van der Waals surface area (Å²) in [6.45, 7) is 4.20. The fraction of sp³-hybridized carbons (Fsp3) is 1.00. The highest BCUT2D eigenvalue weighted by molar-refractivity contribution is 4.99. The van der Waals surface area contributed by atoms with Crippen LogP contribution in [0.4, 0.5) is 4.39 Å². The van der Waals surface area contributed by atoms with Gasteiger partial charge in [-0.3, -0.25) is 4.90 Å². The van der Waals surface area contributed by atoms with Crippen molar-refractivity contribution < 1.29 is 4.39 Å². The van der Waals surface area contributed by atoms with Crippen molar-refractivity contribution in [1.29, 1.82) is 0 Å². The maximum atomic E-state index is 11.8. The topological polar surface area (TPSA) is 29.3 Å². The summed E-state index contributed by atoms with van der Waals surface area (Å²) >= 11 is 0. The van der Waals surface area contributed by atoms with Crippen LogP contribution in [0.1, 0.15) is 19.8 Å². The van der Waals surface area contributed by atoms with E-state index < -0.39 is 0 Å². The maximum absolute atomic E-state index is 11.8. The number of halogens is 1. The molecular weight excluding hydrogens is 143 g/mol. The Labute approximate surface area is 67.6 Å². The van der Waals surface area contributed by atoms with Crippen molar-refractivity contribution in [2.75, 3.05) is 26.3 Å². The molecule has 1 heterocycles. The van der Waals surface area contributed by atoms with Crippen molar-refractivity contribution in [3.63, 3.8) is 0 Å². The first-order valence-electron chi connectivity index (χ1n) is 4.27. The third kappa shape index (κ3) is 2.14. The Balaban J connectivity index is 2.15. The molecule has 0 atom stereocenters. The summed E-state index contributed by atoms with van der Waals surface area (Å²) in [6, 6.07) is 0. The lowest BCUT2D eigenvalue weighted by Crippen LogP contribution is -2.67. The van der Waals surface area contributed by atoms with Gasteiger partial charge in [-0.25, -0.2) is 4.39 Å². The average molecular weight is 160 g/mol. The Morgan fingerprint density at radius 2 is 2.18 bits per heavy atom. The molecule has 0 spiro atoms. The van der Waals surface area contributed by atoms with E-state index in [0.29, 0.717) is 6.54 Å². The van der Waals surface area contributed by atoms with Gasteiger partial charge in [0.15, 0.2) is 0 Å². The molecule has 1 saturated heterocycles. The smallest absolute Gasteiger partial charge is 0.102 e. The Morgan fingerprint density at radius 3 is 2.64 bits per heavy atom. The van der Waals surface area contributed by atoms with E-state index in [-0.39, 0.29) is 12.2 Å². The van der Waals surface area contributed by atoms with Crippen LogP contribution in [0.2, 0.25) is 0 Å². The summed E-state index contributed by atoms with van der Waals surface area (Å²) in [4.78, 5) is 2.07. The monoisotopic (exact) mass is 160 g/mol. The number of nitrogens with two attached hydrogens (primary N) is 1. The van der Waals surface area contributed by atoms with Crippen LogP contribution in [0.25, 0.3) is 0 Å². The van der Waals surface area contributed by atoms with Crippen molar-refractivity contribution in [3.8, 4) is 0 Å². The lowest BCUT2D eigenvalue weighted by Gasteiger charge is -2.47. The van der Waals surface area contributed by atoms with Crippen LogP contribution in [0.15, 0.2) is 0 Å². The second-order valence-corrected chi connectivity index (χ2v) is 3.51. The maximum Gasteiger partial charge on any atom is 0.102 e. The third-order valence-corrected chi connectivity index (χ3v) is 2.23.